The Morgan fingerprint density at radius 3 is 2.67 bits per heavy atom. The number of hydrogen-bond donors (Lipinski definition) is 1. The maximum Gasteiger partial charge on any atom is 1.00 e. The molecule has 76 valence electrons. The summed E-state index contributed by atoms with van der Waals surface area (Å²) in [6.45, 7) is 2.01. The molecule has 1 N–H and O–H groups in total. The van der Waals surface area contributed by atoms with Crippen LogP contribution in [0.25, 0.3) is 10.9 Å². The van der Waals surface area contributed by atoms with E-state index in [1.165, 1.54) is 0 Å². The second-order valence-electron chi connectivity index (χ2n) is 3.31. The van der Waals surface area contributed by atoms with E-state index in [2.05, 4.69) is 4.57 Å². The van der Waals surface area contributed by atoms with Crippen LogP contribution in [0.2, 0.25) is 0 Å². The number of rotatable bonds is 1. The normalized spacial score (nSPS) is 12.5. The first-order chi connectivity index (χ1) is 6.59. The summed E-state index contributed by atoms with van der Waals surface area (Å²) in [4.78, 5) is 0.447. The average molecular weight is 217 g/mol. The summed E-state index contributed by atoms with van der Waals surface area (Å²) in [6, 6.07) is 7.30. The zero-order valence-electron chi connectivity index (χ0n) is 10.0. The average Bonchev–Trinajstić information content (AvgIpc) is 2.42. The van der Waals surface area contributed by atoms with Crippen molar-refractivity contribution < 1.29 is 29.0 Å². The van der Waals surface area contributed by atoms with Crippen LogP contribution >= 0.6 is 0 Å². The molecule has 0 saturated carbocycles. The number of benzene rings is 1. The molecule has 0 aliphatic carbocycles. The summed E-state index contributed by atoms with van der Waals surface area (Å²) in [6.07, 6.45) is 0. The van der Waals surface area contributed by atoms with Gasteiger partial charge in [-0.2, -0.15) is 0 Å². The van der Waals surface area contributed by atoms with Crippen LogP contribution in [0.1, 0.15) is 7.12 Å². The van der Waals surface area contributed by atoms with E-state index in [1.54, 1.807) is 12.1 Å². The number of hydrogen-bond acceptors (Lipinski definition) is 1. The van der Waals surface area contributed by atoms with Crippen LogP contribution in [0.5, 0.6) is 0 Å². The van der Waals surface area contributed by atoms with Crippen LogP contribution in [0, 0.1) is 6.92 Å². The molecule has 0 fully saturated rings. The Kier molecular flexibility index (Phi) is 3.80. The van der Waals surface area contributed by atoms with Crippen LogP contribution in [0.3, 0.4) is 0 Å². The molecule has 0 saturated heterocycles. The maximum atomic E-state index is 10.8. The molecule has 1 aromatic carbocycles. The quantitative estimate of drug-likeness (QED) is 0.501. The van der Waals surface area contributed by atoms with E-state index < -0.39 is 11.1 Å². The molecule has 0 bridgehead atoms. The minimum atomic E-state index is -1.89. The zero-order chi connectivity index (χ0) is 10.3. The van der Waals surface area contributed by atoms with Gasteiger partial charge in [-0.15, -0.1) is 0 Å². The number of aryl methyl sites for hydroxylation is 2. The molecule has 0 aliphatic rings. The van der Waals surface area contributed by atoms with E-state index in [-0.39, 0.29) is 20.3 Å². The fraction of sp³-hybridized carbons (Fsp3) is 0.200. The van der Waals surface area contributed by atoms with Crippen molar-refractivity contribution in [1.29, 1.82) is 0 Å². The van der Waals surface area contributed by atoms with Gasteiger partial charge in [0.15, 0.2) is 11.1 Å². The minimum Gasteiger partial charge on any atom is -1.00 e. The van der Waals surface area contributed by atoms with Crippen LogP contribution < -0.4 is 18.9 Å². The fourth-order valence-corrected chi connectivity index (χ4v) is 1.99. The third kappa shape index (κ3) is 2.19. The van der Waals surface area contributed by atoms with Crippen LogP contribution in [-0.4, -0.2) is 13.3 Å². The van der Waals surface area contributed by atoms with E-state index in [0.29, 0.717) is 4.90 Å². The molecule has 1 atom stereocenters. The van der Waals surface area contributed by atoms with Gasteiger partial charge < -0.3 is 10.5 Å². The molecule has 0 aliphatic heterocycles. The summed E-state index contributed by atoms with van der Waals surface area (Å²) in [5.74, 6) is 0. The van der Waals surface area contributed by atoms with Crippen LogP contribution in [0.4, 0.5) is 0 Å². The molecule has 2 rings (SSSR count). The Labute approximate surface area is 104 Å². The first-order valence-electron chi connectivity index (χ1n) is 4.26. The predicted molar refractivity (Wildman–Crippen MR) is 57.8 cm³/mol. The van der Waals surface area contributed by atoms with Crippen molar-refractivity contribution in [2.24, 2.45) is 7.05 Å². The van der Waals surface area contributed by atoms with Gasteiger partial charge >= 0.3 is 18.9 Å². The van der Waals surface area contributed by atoms with Gasteiger partial charge in [0.1, 0.15) is 0 Å². The summed E-state index contributed by atoms with van der Waals surface area (Å²) >= 11 is -1.89. The molecule has 1 aromatic heterocycles. The van der Waals surface area contributed by atoms with Gasteiger partial charge in [-0.05, 0) is 31.2 Å². The number of nitrogens with zero attached hydrogens (tertiary/aromatic N) is 1. The zero-order valence-corrected chi connectivity index (χ0v) is 9.84. The Morgan fingerprint density at radius 1 is 1.40 bits per heavy atom. The van der Waals surface area contributed by atoms with Crippen molar-refractivity contribution in [2.45, 2.75) is 11.8 Å². The third-order valence-electron chi connectivity index (χ3n) is 2.46. The van der Waals surface area contributed by atoms with Gasteiger partial charge in [0.05, 0.1) is 4.90 Å². The molecule has 3 nitrogen and oxygen atoms in total. The SMILES string of the molecule is Cc1cc2cc(S(=O)O)ccc2n1C.[H-].[Li+]. The fourth-order valence-electron chi connectivity index (χ4n) is 1.57. The Balaban J connectivity index is 0.00000112. The minimum absolute atomic E-state index is 0. The topological polar surface area (TPSA) is 42.2 Å². The van der Waals surface area contributed by atoms with Crippen molar-refractivity contribution >= 4 is 22.0 Å². The summed E-state index contributed by atoms with van der Waals surface area (Å²) in [5, 5.41) is 1.00. The molecule has 0 radical (unpaired) electrons. The van der Waals surface area contributed by atoms with Gasteiger partial charge in [-0.3, -0.25) is 0 Å². The summed E-state index contributed by atoms with van der Waals surface area (Å²) < 4.78 is 21.8. The molecule has 5 heteroatoms. The molecule has 15 heavy (non-hydrogen) atoms. The second kappa shape index (κ2) is 4.54. The second-order valence-corrected chi connectivity index (χ2v) is 4.28. The van der Waals surface area contributed by atoms with Gasteiger partial charge in [0, 0.05) is 23.6 Å². The molecule has 0 spiro atoms. The Morgan fingerprint density at radius 2 is 2.07 bits per heavy atom. The van der Waals surface area contributed by atoms with Gasteiger partial charge in [-0.25, -0.2) is 4.21 Å². The first-order valence-corrected chi connectivity index (χ1v) is 5.37. The van der Waals surface area contributed by atoms with Gasteiger partial charge in [-0.1, -0.05) is 0 Å². The van der Waals surface area contributed by atoms with Gasteiger partial charge in [0.2, 0.25) is 0 Å². The van der Waals surface area contributed by atoms with Crippen LogP contribution in [0.15, 0.2) is 29.2 Å². The van der Waals surface area contributed by atoms with E-state index in [1.807, 2.05) is 26.1 Å². The van der Waals surface area contributed by atoms with Crippen molar-refractivity contribution in [3.63, 3.8) is 0 Å². The van der Waals surface area contributed by atoms with Crippen molar-refractivity contribution in [2.75, 3.05) is 0 Å². The molecular weight excluding hydrogens is 205 g/mol. The van der Waals surface area contributed by atoms with Crippen molar-refractivity contribution in [3.8, 4) is 0 Å². The van der Waals surface area contributed by atoms with Crippen LogP contribution in [-0.2, 0) is 18.1 Å². The summed E-state index contributed by atoms with van der Waals surface area (Å²) in [5.41, 5.74) is 2.22. The monoisotopic (exact) mass is 217 g/mol. The van der Waals surface area contributed by atoms with E-state index in [4.69, 9.17) is 4.55 Å². The van der Waals surface area contributed by atoms with E-state index >= 15 is 0 Å². The van der Waals surface area contributed by atoms with Crippen molar-refractivity contribution in [1.82, 2.24) is 4.57 Å². The maximum absolute atomic E-state index is 10.8. The molecule has 0 amide bonds. The van der Waals surface area contributed by atoms with Gasteiger partial charge in [0.25, 0.3) is 0 Å². The predicted octanol–water partition coefficient (Wildman–Crippen LogP) is -0.816. The van der Waals surface area contributed by atoms with E-state index in [9.17, 15) is 4.21 Å². The number of aromatic nitrogens is 1. The third-order valence-corrected chi connectivity index (χ3v) is 3.11. The Hall–Kier alpha value is -0.533. The van der Waals surface area contributed by atoms with Crippen molar-refractivity contribution in [3.05, 3.63) is 30.0 Å². The molecule has 1 unspecified atom stereocenters. The largest absolute Gasteiger partial charge is 1.00 e. The molecular formula is C10H12LiNO2S. The Bertz CT molecular complexity index is 527. The first kappa shape index (κ1) is 12.5. The molecule has 1 heterocycles. The summed E-state index contributed by atoms with van der Waals surface area (Å²) in [7, 11) is 1.98. The number of fused-ring (bicyclic) bond motifs is 1. The standard InChI is InChI=1S/C10H11NO2S.Li.H/c1-7-5-8-6-9(14(12)13)3-4-10(8)11(7)2;;/h3-6H,1-2H3,(H,12,13);;/q;+1;-1. The smallest absolute Gasteiger partial charge is 1.00 e. The van der Waals surface area contributed by atoms with E-state index in [0.717, 1.165) is 16.6 Å². The molecule has 2 aromatic rings.